The van der Waals surface area contributed by atoms with E-state index in [1.54, 1.807) is 11.3 Å². The van der Waals surface area contributed by atoms with E-state index in [1.807, 2.05) is 11.4 Å². The SMILES string of the molecule is NC1CCCN(c2n[nH]c(-c3ccsc3)n2)C1. The van der Waals surface area contributed by atoms with Gasteiger partial charge in [0.1, 0.15) is 0 Å². The largest absolute Gasteiger partial charge is 0.338 e. The highest BCUT2D eigenvalue weighted by Crippen LogP contribution is 2.21. The quantitative estimate of drug-likeness (QED) is 0.845. The van der Waals surface area contributed by atoms with Gasteiger partial charge in [0.15, 0.2) is 5.82 Å². The van der Waals surface area contributed by atoms with Gasteiger partial charge >= 0.3 is 0 Å². The Morgan fingerprint density at radius 3 is 3.24 bits per heavy atom. The van der Waals surface area contributed by atoms with Crippen molar-refractivity contribution in [2.75, 3.05) is 18.0 Å². The number of nitrogens with zero attached hydrogens (tertiary/aromatic N) is 3. The second-order valence-electron chi connectivity index (χ2n) is 4.34. The molecule has 0 aromatic carbocycles. The zero-order valence-corrected chi connectivity index (χ0v) is 10.3. The van der Waals surface area contributed by atoms with Crippen LogP contribution in [0.1, 0.15) is 12.8 Å². The van der Waals surface area contributed by atoms with Crippen LogP contribution in [0.4, 0.5) is 5.95 Å². The lowest BCUT2D eigenvalue weighted by Gasteiger charge is -2.29. The van der Waals surface area contributed by atoms with E-state index in [0.717, 1.165) is 43.3 Å². The van der Waals surface area contributed by atoms with Crippen molar-refractivity contribution in [2.45, 2.75) is 18.9 Å². The minimum Gasteiger partial charge on any atom is -0.338 e. The molecule has 2 aromatic heterocycles. The van der Waals surface area contributed by atoms with Crippen LogP contribution in [-0.4, -0.2) is 34.3 Å². The van der Waals surface area contributed by atoms with Crippen LogP contribution < -0.4 is 10.6 Å². The summed E-state index contributed by atoms with van der Waals surface area (Å²) in [6.07, 6.45) is 2.21. The van der Waals surface area contributed by atoms with Gasteiger partial charge in [-0.3, -0.25) is 5.10 Å². The monoisotopic (exact) mass is 249 g/mol. The molecular weight excluding hydrogens is 234 g/mol. The van der Waals surface area contributed by atoms with E-state index < -0.39 is 0 Å². The molecule has 3 N–H and O–H groups in total. The number of thiophene rings is 1. The van der Waals surface area contributed by atoms with Crippen molar-refractivity contribution in [3.8, 4) is 11.4 Å². The summed E-state index contributed by atoms with van der Waals surface area (Å²) in [6.45, 7) is 1.84. The number of anilines is 1. The number of aromatic amines is 1. The number of nitrogens with two attached hydrogens (primary N) is 1. The van der Waals surface area contributed by atoms with Gasteiger partial charge in [0.2, 0.25) is 5.95 Å². The molecular formula is C11H15N5S. The highest BCUT2D eigenvalue weighted by Gasteiger charge is 2.20. The summed E-state index contributed by atoms with van der Waals surface area (Å²) in [5, 5.41) is 11.4. The Hall–Kier alpha value is -1.40. The number of hydrogen-bond acceptors (Lipinski definition) is 5. The lowest BCUT2D eigenvalue weighted by molar-refractivity contribution is 0.500. The fourth-order valence-electron chi connectivity index (χ4n) is 2.11. The first-order chi connectivity index (χ1) is 8.33. The number of hydrogen-bond donors (Lipinski definition) is 2. The number of rotatable bonds is 2. The van der Waals surface area contributed by atoms with Crippen molar-refractivity contribution in [3.05, 3.63) is 16.8 Å². The van der Waals surface area contributed by atoms with E-state index in [2.05, 4.69) is 25.5 Å². The Labute approximate surface area is 104 Å². The number of nitrogens with one attached hydrogen (secondary N) is 1. The van der Waals surface area contributed by atoms with Gasteiger partial charge in [-0.15, -0.1) is 5.10 Å². The number of H-pyrrole nitrogens is 1. The van der Waals surface area contributed by atoms with Crippen molar-refractivity contribution in [3.63, 3.8) is 0 Å². The second-order valence-corrected chi connectivity index (χ2v) is 5.12. The molecule has 0 bridgehead atoms. The third-order valence-electron chi connectivity index (χ3n) is 3.01. The van der Waals surface area contributed by atoms with E-state index in [4.69, 9.17) is 5.73 Å². The van der Waals surface area contributed by atoms with Crippen LogP contribution >= 0.6 is 11.3 Å². The van der Waals surface area contributed by atoms with Crippen molar-refractivity contribution >= 4 is 17.3 Å². The fraction of sp³-hybridized carbons (Fsp3) is 0.455. The Balaban J connectivity index is 1.80. The van der Waals surface area contributed by atoms with Crippen LogP contribution in [-0.2, 0) is 0 Å². The minimum atomic E-state index is 0.242. The summed E-state index contributed by atoms with van der Waals surface area (Å²) < 4.78 is 0. The molecule has 3 heterocycles. The Kier molecular flexibility index (Phi) is 2.82. The summed E-state index contributed by atoms with van der Waals surface area (Å²) in [6, 6.07) is 2.28. The van der Waals surface area contributed by atoms with E-state index in [-0.39, 0.29) is 6.04 Å². The summed E-state index contributed by atoms with van der Waals surface area (Å²) in [5.41, 5.74) is 7.05. The van der Waals surface area contributed by atoms with E-state index in [0.29, 0.717) is 0 Å². The molecule has 0 saturated carbocycles. The summed E-state index contributed by atoms with van der Waals surface area (Å²) in [5.74, 6) is 1.60. The van der Waals surface area contributed by atoms with Crippen LogP contribution in [0.2, 0.25) is 0 Å². The van der Waals surface area contributed by atoms with Crippen molar-refractivity contribution in [1.82, 2.24) is 15.2 Å². The number of piperidine rings is 1. The van der Waals surface area contributed by atoms with Crippen LogP contribution in [0.15, 0.2) is 16.8 Å². The second kappa shape index (κ2) is 4.46. The van der Waals surface area contributed by atoms with Gasteiger partial charge in [-0.2, -0.15) is 16.3 Å². The molecule has 1 saturated heterocycles. The maximum atomic E-state index is 5.96. The smallest absolute Gasteiger partial charge is 0.245 e. The molecule has 0 radical (unpaired) electrons. The first-order valence-corrected chi connectivity index (χ1v) is 6.73. The fourth-order valence-corrected chi connectivity index (χ4v) is 2.75. The molecule has 90 valence electrons. The molecule has 5 nitrogen and oxygen atoms in total. The van der Waals surface area contributed by atoms with Crippen LogP contribution in [0.25, 0.3) is 11.4 Å². The van der Waals surface area contributed by atoms with Crippen LogP contribution in [0.3, 0.4) is 0 Å². The molecule has 1 fully saturated rings. The van der Waals surface area contributed by atoms with Crippen LogP contribution in [0.5, 0.6) is 0 Å². The van der Waals surface area contributed by atoms with Gasteiger partial charge in [-0.1, -0.05) is 0 Å². The van der Waals surface area contributed by atoms with E-state index >= 15 is 0 Å². The molecule has 0 aliphatic carbocycles. The summed E-state index contributed by atoms with van der Waals surface area (Å²) in [7, 11) is 0. The van der Waals surface area contributed by atoms with Gasteiger partial charge in [-0.25, -0.2) is 0 Å². The van der Waals surface area contributed by atoms with Gasteiger partial charge in [0, 0.05) is 30.1 Å². The average molecular weight is 249 g/mol. The lowest BCUT2D eigenvalue weighted by Crippen LogP contribution is -2.43. The zero-order chi connectivity index (χ0) is 11.7. The molecule has 1 aliphatic rings. The van der Waals surface area contributed by atoms with E-state index in [1.165, 1.54) is 0 Å². The Morgan fingerprint density at radius 1 is 1.53 bits per heavy atom. The average Bonchev–Trinajstić information content (AvgIpc) is 3.00. The molecule has 1 atom stereocenters. The maximum Gasteiger partial charge on any atom is 0.245 e. The van der Waals surface area contributed by atoms with Gasteiger partial charge in [0.05, 0.1) is 0 Å². The third kappa shape index (κ3) is 2.18. The molecule has 3 rings (SSSR count). The molecule has 6 heteroatoms. The van der Waals surface area contributed by atoms with Crippen molar-refractivity contribution in [2.24, 2.45) is 5.73 Å². The number of aromatic nitrogens is 3. The molecule has 17 heavy (non-hydrogen) atoms. The molecule has 1 aliphatic heterocycles. The molecule has 0 spiro atoms. The van der Waals surface area contributed by atoms with Gasteiger partial charge in [0.25, 0.3) is 0 Å². The third-order valence-corrected chi connectivity index (χ3v) is 3.69. The summed E-state index contributed by atoms with van der Waals surface area (Å²) in [4.78, 5) is 6.67. The first-order valence-electron chi connectivity index (χ1n) is 5.78. The normalized spacial score (nSPS) is 20.8. The zero-order valence-electron chi connectivity index (χ0n) is 9.47. The lowest BCUT2D eigenvalue weighted by atomic mass is 10.1. The maximum absolute atomic E-state index is 5.96. The van der Waals surface area contributed by atoms with Gasteiger partial charge in [-0.05, 0) is 24.3 Å². The predicted molar refractivity (Wildman–Crippen MR) is 69.1 cm³/mol. The van der Waals surface area contributed by atoms with E-state index in [9.17, 15) is 0 Å². The minimum absolute atomic E-state index is 0.242. The molecule has 0 amide bonds. The van der Waals surface area contributed by atoms with Crippen molar-refractivity contribution in [1.29, 1.82) is 0 Å². The highest BCUT2D eigenvalue weighted by atomic mass is 32.1. The topological polar surface area (TPSA) is 70.8 Å². The van der Waals surface area contributed by atoms with Gasteiger partial charge < -0.3 is 10.6 Å². The first kappa shape index (κ1) is 10.7. The molecule has 2 aromatic rings. The van der Waals surface area contributed by atoms with Crippen LogP contribution in [0, 0.1) is 0 Å². The summed E-state index contributed by atoms with van der Waals surface area (Å²) >= 11 is 1.66. The van der Waals surface area contributed by atoms with Crippen molar-refractivity contribution < 1.29 is 0 Å². The Morgan fingerprint density at radius 2 is 2.47 bits per heavy atom. The highest BCUT2D eigenvalue weighted by molar-refractivity contribution is 7.08. The Bertz CT molecular complexity index is 478. The standard InChI is InChI=1S/C11H15N5S/c12-9-2-1-4-16(6-9)11-13-10(14-15-11)8-3-5-17-7-8/h3,5,7,9H,1-2,4,6,12H2,(H,13,14,15). The predicted octanol–water partition coefficient (Wildman–Crippen LogP) is 1.46. The molecule has 1 unspecified atom stereocenters.